The lowest BCUT2D eigenvalue weighted by atomic mass is 10.0. The SMILES string of the molecule is CCc1ccc(C(=O)C(C)N2CCSC(C)(C)CC2)cc1. The molecule has 0 radical (unpaired) electrons. The van der Waals surface area contributed by atoms with Crippen LogP contribution in [0.2, 0.25) is 0 Å². The highest BCUT2D eigenvalue weighted by atomic mass is 32.2. The van der Waals surface area contributed by atoms with Gasteiger partial charge < -0.3 is 0 Å². The summed E-state index contributed by atoms with van der Waals surface area (Å²) >= 11 is 2.02. The zero-order chi connectivity index (χ0) is 15.5. The summed E-state index contributed by atoms with van der Waals surface area (Å²) in [5.41, 5.74) is 2.13. The molecule has 1 aromatic rings. The maximum atomic E-state index is 12.7. The van der Waals surface area contributed by atoms with Gasteiger partial charge in [-0.3, -0.25) is 9.69 Å². The Kier molecular flexibility index (Phi) is 5.50. The number of benzene rings is 1. The van der Waals surface area contributed by atoms with E-state index in [9.17, 15) is 4.79 Å². The topological polar surface area (TPSA) is 20.3 Å². The third kappa shape index (κ3) is 4.33. The molecule has 2 rings (SSSR count). The average molecular weight is 305 g/mol. The quantitative estimate of drug-likeness (QED) is 0.783. The van der Waals surface area contributed by atoms with E-state index >= 15 is 0 Å². The van der Waals surface area contributed by atoms with Crippen molar-refractivity contribution in [2.75, 3.05) is 18.8 Å². The first kappa shape index (κ1) is 16.6. The summed E-state index contributed by atoms with van der Waals surface area (Å²) < 4.78 is 0.334. The lowest BCUT2D eigenvalue weighted by Gasteiger charge is -2.27. The Balaban J connectivity index is 2.04. The molecule has 1 atom stereocenters. The van der Waals surface area contributed by atoms with Crippen LogP contribution >= 0.6 is 11.8 Å². The van der Waals surface area contributed by atoms with Gasteiger partial charge in [0, 0.05) is 29.2 Å². The van der Waals surface area contributed by atoms with Crippen LogP contribution < -0.4 is 0 Å². The van der Waals surface area contributed by atoms with Gasteiger partial charge in [-0.15, -0.1) is 0 Å². The van der Waals surface area contributed by atoms with Crippen LogP contribution in [0.1, 0.15) is 50.0 Å². The van der Waals surface area contributed by atoms with Crippen LogP contribution in [0, 0.1) is 0 Å². The number of rotatable bonds is 4. The van der Waals surface area contributed by atoms with Gasteiger partial charge in [0.05, 0.1) is 6.04 Å². The van der Waals surface area contributed by atoms with E-state index in [1.54, 1.807) is 0 Å². The molecule has 0 aliphatic carbocycles. The van der Waals surface area contributed by atoms with Crippen LogP contribution in [0.4, 0.5) is 0 Å². The van der Waals surface area contributed by atoms with Gasteiger partial charge in [0.2, 0.25) is 0 Å². The number of Topliss-reactive ketones (excluding diaryl/α,β-unsaturated/α-hetero) is 1. The maximum absolute atomic E-state index is 12.7. The highest BCUT2D eigenvalue weighted by molar-refractivity contribution is 8.00. The summed E-state index contributed by atoms with van der Waals surface area (Å²) in [5, 5.41) is 0. The van der Waals surface area contributed by atoms with Crippen LogP contribution in [0.15, 0.2) is 24.3 Å². The molecular weight excluding hydrogens is 278 g/mol. The summed E-state index contributed by atoms with van der Waals surface area (Å²) in [6, 6.07) is 8.08. The Hall–Kier alpha value is -0.800. The molecule has 116 valence electrons. The maximum Gasteiger partial charge on any atom is 0.179 e. The number of hydrogen-bond donors (Lipinski definition) is 0. The minimum Gasteiger partial charge on any atom is -0.293 e. The molecule has 2 nitrogen and oxygen atoms in total. The van der Waals surface area contributed by atoms with E-state index in [2.05, 4.69) is 44.7 Å². The van der Waals surface area contributed by atoms with Crippen molar-refractivity contribution in [3.05, 3.63) is 35.4 Å². The van der Waals surface area contributed by atoms with Crippen molar-refractivity contribution in [1.29, 1.82) is 0 Å². The molecule has 3 heteroatoms. The summed E-state index contributed by atoms with van der Waals surface area (Å²) in [6.45, 7) is 10.8. The second kappa shape index (κ2) is 6.97. The van der Waals surface area contributed by atoms with Crippen molar-refractivity contribution in [3.8, 4) is 0 Å². The molecule has 1 aliphatic heterocycles. The summed E-state index contributed by atoms with van der Waals surface area (Å²) in [7, 11) is 0. The van der Waals surface area contributed by atoms with Gasteiger partial charge in [-0.2, -0.15) is 11.8 Å². The first-order valence-corrected chi connectivity index (χ1v) is 8.92. The number of hydrogen-bond acceptors (Lipinski definition) is 3. The van der Waals surface area contributed by atoms with Crippen molar-refractivity contribution in [1.82, 2.24) is 4.90 Å². The van der Waals surface area contributed by atoms with Crippen LogP contribution in [0.25, 0.3) is 0 Å². The first-order valence-electron chi connectivity index (χ1n) is 7.94. The highest BCUT2D eigenvalue weighted by Crippen LogP contribution is 2.31. The molecule has 1 heterocycles. The Labute approximate surface area is 133 Å². The third-order valence-corrected chi connectivity index (χ3v) is 5.82. The number of ketones is 1. The van der Waals surface area contributed by atoms with Gasteiger partial charge in [-0.05, 0) is 25.3 Å². The zero-order valence-electron chi connectivity index (χ0n) is 13.7. The number of nitrogens with zero attached hydrogens (tertiary/aromatic N) is 1. The smallest absolute Gasteiger partial charge is 0.179 e. The fourth-order valence-electron chi connectivity index (χ4n) is 2.74. The Morgan fingerprint density at radius 2 is 1.95 bits per heavy atom. The normalized spacial score (nSPS) is 20.8. The van der Waals surface area contributed by atoms with Crippen molar-refractivity contribution in [2.24, 2.45) is 0 Å². The fourth-order valence-corrected chi connectivity index (χ4v) is 3.85. The van der Waals surface area contributed by atoms with E-state index in [1.807, 2.05) is 23.9 Å². The minimum absolute atomic E-state index is 0.0213. The van der Waals surface area contributed by atoms with Gasteiger partial charge in [0.15, 0.2) is 5.78 Å². The van der Waals surface area contributed by atoms with Gasteiger partial charge >= 0.3 is 0 Å². The van der Waals surface area contributed by atoms with Crippen molar-refractivity contribution >= 4 is 17.5 Å². The Bertz CT molecular complexity index is 480. The van der Waals surface area contributed by atoms with Crippen molar-refractivity contribution in [2.45, 2.75) is 51.3 Å². The highest BCUT2D eigenvalue weighted by Gasteiger charge is 2.28. The van der Waals surface area contributed by atoms with Crippen LogP contribution in [-0.4, -0.2) is 40.3 Å². The van der Waals surface area contributed by atoms with E-state index in [1.165, 1.54) is 5.56 Å². The fraction of sp³-hybridized carbons (Fsp3) is 0.611. The summed E-state index contributed by atoms with van der Waals surface area (Å²) in [4.78, 5) is 15.0. The minimum atomic E-state index is -0.0213. The van der Waals surface area contributed by atoms with Crippen LogP contribution in [0.3, 0.4) is 0 Å². The molecule has 0 N–H and O–H groups in total. The lowest BCUT2D eigenvalue weighted by molar-refractivity contribution is 0.0844. The molecule has 0 spiro atoms. The number of aryl methyl sites for hydroxylation is 1. The molecule has 1 aliphatic rings. The predicted octanol–water partition coefficient (Wildman–Crippen LogP) is 4.04. The molecule has 0 aromatic heterocycles. The van der Waals surface area contributed by atoms with E-state index in [4.69, 9.17) is 0 Å². The lowest BCUT2D eigenvalue weighted by Crippen LogP contribution is -2.40. The van der Waals surface area contributed by atoms with Gasteiger partial charge in [0.25, 0.3) is 0 Å². The average Bonchev–Trinajstić information content (AvgIpc) is 2.66. The molecule has 1 unspecified atom stereocenters. The third-order valence-electron chi connectivity index (χ3n) is 4.45. The molecule has 21 heavy (non-hydrogen) atoms. The van der Waals surface area contributed by atoms with E-state index in [0.29, 0.717) is 4.75 Å². The Morgan fingerprint density at radius 1 is 1.29 bits per heavy atom. The number of thioether (sulfide) groups is 1. The van der Waals surface area contributed by atoms with Crippen LogP contribution in [0.5, 0.6) is 0 Å². The number of carbonyl (C=O) groups is 1. The summed E-state index contributed by atoms with van der Waals surface area (Å²) in [5.74, 6) is 1.36. The van der Waals surface area contributed by atoms with E-state index < -0.39 is 0 Å². The second-order valence-electron chi connectivity index (χ2n) is 6.48. The monoisotopic (exact) mass is 305 g/mol. The molecule has 0 amide bonds. The first-order chi connectivity index (χ1) is 9.93. The van der Waals surface area contributed by atoms with Gasteiger partial charge in [0.1, 0.15) is 0 Å². The van der Waals surface area contributed by atoms with Crippen LogP contribution in [-0.2, 0) is 6.42 Å². The molecule has 0 bridgehead atoms. The molecular formula is C18H27NOS. The predicted molar refractivity (Wildman–Crippen MR) is 92.3 cm³/mol. The van der Waals surface area contributed by atoms with Crippen molar-refractivity contribution < 1.29 is 4.79 Å². The molecule has 0 saturated carbocycles. The van der Waals surface area contributed by atoms with Gasteiger partial charge in [-0.25, -0.2) is 0 Å². The largest absolute Gasteiger partial charge is 0.293 e. The zero-order valence-corrected chi connectivity index (χ0v) is 14.5. The molecule has 1 aromatic carbocycles. The number of carbonyl (C=O) groups excluding carboxylic acids is 1. The van der Waals surface area contributed by atoms with Crippen molar-refractivity contribution in [3.63, 3.8) is 0 Å². The molecule has 1 saturated heterocycles. The summed E-state index contributed by atoms with van der Waals surface area (Å²) in [6.07, 6.45) is 2.16. The standard InChI is InChI=1S/C18H27NOS/c1-5-15-6-8-16(9-7-15)17(20)14(2)19-11-10-18(3,4)21-13-12-19/h6-9,14H,5,10-13H2,1-4H3. The van der Waals surface area contributed by atoms with E-state index in [-0.39, 0.29) is 11.8 Å². The second-order valence-corrected chi connectivity index (χ2v) is 8.29. The van der Waals surface area contributed by atoms with E-state index in [0.717, 1.165) is 37.2 Å². The Morgan fingerprint density at radius 3 is 2.57 bits per heavy atom. The molecule has 1 fully saturated rings. The van der Waals surface area contributed by atoms with Gasteiger partial charge in [-0.1, -0.05) is 45.0 Å².